The number of rotatable bonds is 5. The molecule has 0 radical (unpaired) electrons. The minimum absolute atomic E-state index is 0.0352. The molecule has 11 heteroatoms. The van der Waals surface area contributed by atoms with Crippen LogP contribution in [0, 0.1) is 0 Å². The smallest absolute Gasteiger partial charge is 0.352 e. The molecule has 2 amide bonds. The molecular formula is C14H15N3O5S3. The first-order valence-electron chi connectivity index (χ1n) is 7.29. The predicted octanol–water partition coefficient (Wildman–Crippen LogP) is 0.679. The second-order valence-electron chi connectivity index (χ2n) is 5.10. The highest BCUT2D eigenvalue weighted by molar-refractivity contribution is 8.10. The van der Waals surface area contributed by atoms with E-state index in [4.69, 9.17) is 9.94 Å². The molecule has 1 fully saturated rings. The fourth-order valence-corrected chi connectivity index (χ4v) is 5.79. The first-order chi connectivity index (χ1) is 12.0. The number of nitrogens with zero attached hydrogens (tertiary/aromatic N) is 2. The average Bonchev–Trinajstić information content (AvgIpc) is 2.63. The van der Waals surface area contributed by atoms with Crippen molar-refractivity contribution in [3.8, 4) is 0 Å². The van der Waals surface area contributed by atoms with E-state index in [1.54, 1.807) is 11.8 Å². The Morgan fingerprint density at radius 2 is 2.24 bits per heavy atom. The molecule has 3 aliphatic heterocycles. The molecular weight excluding hydrogens is 386 g/mol. The molecule has 3 heterocycles. The Morgan fingerprint density at radius 3 is 2.88 bits per heavy atom. The molecule has 8 nitrogen and oxygen atoms in total. The van der Waals surface area contributed by atoms with E-state index in [0.29, 0.717) is 10.7 Å². The van der Waals surface area contributed by atoms with Gasteiger partial charge in [-0.25, -0.2) is 4.79 Å². The van der Waals surface area contributed by atoms with Gasteiger partial charge in [0.05, 0.1) is 0 Å². The number of thioether (sulfide) groups is 3. The highest BCUT2D eigenvalue weighted by Crippen LogP contribution is 2.37. The van der Waals surface area contributed by atoms with Gasteiger partial charge in [-0.05, 0) is 11.5 Å². The zero-order valence-corrected chi connectivity index (χ0v) is 15.6. The molecule has 0 spiro atoms. The summed E-state index contributed by atoms with van der Waals surface area (Å²) in [7, 11) is 1.35. The molecule has 0 aromatic heterocycles. The Hall–Kier alpha value is -1.59. The van der Waals surface area contributed by atoms with Crippen molar-refractivity contribution >= 4 is 58.8 Å². The Balaban J connectivity index is 1.72. The molecule has 0 aliphatic carbocycles. The largest absolute Gasteiger partial charge is 0.477 e. The summed E-state index contributed by atoms with van der Waals surface area (Å²) >= 11 is 4.49. The van der Waals surface area contributed by atoms with Gasteiger partial charge in [0, 0.05) is 22.2 Å². The number of hydrogen-bond donors (Lipinski definition) is 2. The standard InChI is InChI=1S/C14H15N3O5S3/c1-22-16-9(8-6-23-4-5-24-8)11(18)15-10-12(19)17-7(14(20)21)2-3-25-13(10)17/h2,6,10,13H,3-5H2,1H3,(H,15,18)(H,20,21)/t10?,13-/m1/s1. The highest BCUT2D eigenvalue weighted by Gasteiger charge is 2.53. The molecule has 2 N–H and O–H groups in total. The van der Waals surface area contributed by atoms with Crippen LogP contribution in [0.4, 0.5) is 0 Å². The van der Waals surface area contributed by atoms with E-state index < -0.39 is 29.2 Å². The van der Waals surface area contributed by atoms with Crippen LogP contribution in [-0.2, 0) is 19.2 Å². The SMILES string of the molecule is CON=C(C(=O)NC1C(=O)N2C(C(=O)O)=CCS[C@H]12)C1=CSCCS1. The number of carboxylic acid groups (broad SMARTS) is 1. The van der Waals surface area contributed by atoms with E-state index >= 15 is 0 Å². The maximum absolute atomic E-state index is 12.6. The van der Waals surface area contributed by atoms with Crippen LogP contribution in [0.2, 0.25) is 0 Å². The quantitative estimate of drug-likeness (QED) is 0.393. The lowest BCUT2D eigenvalue weighted by Gasteiger charge is -2.48. The number of nitrogens with one attached hydrogen (secondary N) is 1. The Labute approximate surface area is 156 Å². The number of amides is 2. The third-order valence-corrected chi connectivity index (χ3v) is 7.10. The zero-order chi connectivity index (χ0) is 18.0. The monoisotopic (exact) mass is 401 g/mol. The molecule has 25 heavy (non-hydrogen) atoms. The first-order valence-corrected chi connectivity index (χ1v) is 10.4. The van der Waals surface area contributed by atoms with Gasteiger partial charge in [-0.1, -0.05) is 5.16 Å². The second kappa shape index (κ2) is 7.75. The van der Waals surface area contributed by atoms with Crippen molar-refractivity contribution < 1.29 is 24.3 Å². The van der Waals surface area contributed by atoms with Gasteiger partial charge in [0.1, 0.15) is 24.2 Å². The minimum Gasteiger partial charge on any atom is -0.477 e. The number of carbonyl (C=O) groups excluding carboxylic acids is 2. The Morgan fingerprint density at radius 1 is 1.44 bits per heavy atom. The van der Waals surface area contributed by atoms with Gasteiger partial charge in [-0.3, -0.25) is 14.5 Å². The van der Waals surface area contributed by atoms with Gasteiger partial charge in [0.25, 0.3) is 11.8 Å². The Kier molecular flexibility index (Phi) is 5.64. The highest BCUT2D eigenvalue weighted by atomic mass is 32.2. The van der Waals surface area contributed by atoms with Crippen molar-refractivity contribution in [3.63, 3.8) is 0 Å². The van der Waals surface area contributed by atoms with E-state index in [1.165, 1.54) is 41.6 Å². The van der Waals surface area contributed by atoms with Gasteiger partial charge in [-0.2, -0.15) is 0 Å². The fourth-order valence-electron chi connectivity index (χ4n) is 2.53. The van der Waals surface area contributed by atoms with Crippen LogP contribution < -0.4 is 5.32 Å². The fraction of sp³-hybridized carbons (Fsp3) is 0.429. The topological polar surface area (TPSA) is 108 Å². The molecule has 1 saturated heterocycles. The van der Waals surface area contributed by atoms with Crippen LogP contribution in [0.5, 0.6) is 0 Å². The van der Waals surface area contributed by atoms with Crippen LogP contribution in [0.25, 0.3) is 0 Å². The summed E-state index contributed by atoms with van der Waals surface area (Å²) in [6.45, 7) is 0. The molecule has 0 aromatic carbocycles. The third-order valence-electron chi connectivity index (χ3n) is 3.63. The van der Waals surface area contributed by atoms with Crippen molar-refractivity contribution in [2.45, 2.75) is 11.4 Å². The molecule has 0 aromatic rings. The lowest BCUT2D eigenvalue weighted by Crippen LogP contribution is -2.70. The number of carbonyl (C=O) groups is 3. The van der Waals surface area contributed by atoms with Gasteiger partial charge in [0.2, 0.25) is 0 Å². The number of carboxylic acids is 1. The molecule has 0 bridgehead atoms. The number of fused-ring (bicyclic) bond motifs is 1. The summed E-state index contributed by atoms with van der Waals surface area (Å²) in [6.07, 6.45) is 1.50. The van der Waals surface area contributed by atoms with Crippen LogP contribution in [0.1, 0.15) is 0 Å². The summed E-state index contributed by atoms with van der Waals surface area (Å²) in [4.78, 5) is 42.8. The number of oxime groups is 1. The zero-order valence-electron chi connectivity index (χ0n) is 13.1. The van der Waals surface area contributed by atoms with E-state index in [0.717, 1.165) is 11.5 Å². The molecule has 134 valence electrons. The van der Waals surface area contributed by atoms with Crippen LogP contribution in [-0.4, -0.2) is 69.3 Å². The van der Waals surface area contributed by atoms with E-state index in [-0.39, 0.29) is 11.4 Å². The van der Waals surface area contributed by atoms with E-state index in [2.05, 4.69) is 10.5 Å². The predicted molar refractivity (Wildman–Crippen MR) is 98.2 cm³/mol. The van der Waals surface area contributed by atoms with Gasteiger partial charge < -0.3 is 15.3 Å². The average molecular weight is 401 g/mol. The van der Waals surface area contributed by atoms with Gasteiger partial charge >= 0.3 is 5.97 Å². The molecule has 2 atom stereocenters. The maximum Gasteiger partial charge on any atom is 0.352 e. The second-order valence-corrected chi connectivity index (χ2v) is 8.37. The number of β-lactam (4-membered cyclic amide) rings is 1. The summed E-state index contributed by atoms with van der Waals surface area (Å²) in [5, 5.41) is 17.1. The van der Waals surface area contributed by atoms with E-state index in [9.17, 15) is 14.4 Å². The normalized spacial score (nSPS) is 26.0. The molecule has 3 rings (SSSR count). The third kappa shape index (κ3) is 3.53. The molecule has 3 aliphatic rings. The summed E-state index contributed by atoms with van der Waals surface area (Å²) in [5.41, 5.74) is 0.0905. The summed E-state index contributed by atoms with van der Waals surface area (Å²) < 4.78 is 0. The number of hydrogen-bond acceptors (Lipinski definition) is 8. The first kappa shape index (κ1) is 18.2. The summed E-state index contributed by atoms with van der Waals surface area (Å²) in [6, 6.07) is -0.774. The molecule has 1 unspecified atom stereocenters. The Bertz CT molecular complexity index is 706. The lowest BCUT2D eigenvalue weighted by atomic mass is 10.0. The van der Waals surface area contributed by atoms with Crippen molar-refractivity contribution in [2.24, 2.45) is 5.16 Å². The maximum atomic E-state index is 12.6. The number of aliphatic carboxylic acids is 1. The molecule has 0 saturated carbocycles. The minimum atomic E-state index is -1.15. The van der Waals surface area contributed by atoms with Crippen LogP contribution in [0.15, 0.2) is 27.2 Å². The van der Waals surface area contributed by atoms with Crippen molar-refractivity contribution in [3.05, 3.63) is 22.1 Å². The van der Waals surface area contributed by atoms with Gasteiger partial charge in [0.15, 0.2) is 5.71 Å². The van der Waals surface area contributed by atoms with Gasteiger partial charge in [-0.15, -0.1) is 35.3 Å². The van der Waals surface area contributed by atoms with Crippen molar-refractivity contribution in [2.75, 3.05) is 24.4 Å². The summed E-state index contributed by atoms with van der Waals surface area (Å²) in [5.74, 6) is 0.192. The van der Waals surface area contributed by atoms with Crippen LogP contribution in [0.3, 0.4) is 0 Å². The van der Waals surface area contributed by atoms with E-state index in [1.807, 2.05) is 5.41 Å². The lowest BCUT2D eigenvalue weighted by molar-refractivity contribution is -0.150. The van der Waals surface area contributed by atoms with Crippen LogP contribution >= 0.6 is 35.3 Å². The van der Waals surface area contributed by atoms with Crippen molar-refractivity contribution in [1.29, 1.82) is 0 Å². The van der Waals surface area contributed by atoms with Crippen molar-refractivity contribution in [1.82, 2.24) is 10.2 Å².